The Labute approximate surface area is 177 Å². The highest BCUT2D eigenvalue weighted by atomic mass is 32.2. The number of benzene rings is 1. The third-order valence-electron chi connectivity index (χ3n) is 4.20. The number of hydrogen-bond acceptors (Lipinski definition) is 7. The molecule has 0 unspecified atom stereocenters. The zero-order chi connectivity index (χ0) is 20.8. The molecule has 2 aromatic heterocycles. The Balaban J connectivity index is 1.58. The fraction of sp³-hybridized carbons (Fsp3) is 0.300. The van der Waals surface area contributed by atoms with E-state index in [0.29, 0.717) is 17.4 Å². The Bertz CT molecular complexity index is 1010. The van der Waals surface area contributed by atoms with E-state index in [9.17, 15) is 9.59 Å². The minimum absolute atomic E-state index is 0.0994. The number of imidazole rings is 1. The topological polar surface area (TPSA) is 86.1 Å². The smallest absolute Gasteiger partial charge is 0.311 e. The Morgan fingerprint density at radius 1 is 1.31 bits per heavy atom. The molecule has 0 spiro atoms. The summed E-state index contributed by atoms with van der Waals surface area (Å²) in [7, 11) is 0. The molecule has 1 N–H and O–H groups in total. The molecule has 152 valence electrons. The van der Waals surface area contributed by atoms with Crippen LogP contribution < -0.4 is 5.32 Å². The Morgan fingerprint density at radius 3 is 2.93 bits per heavy atom. The second-order valence-electron chi connectivity index (χ2n) is 6.26. The molecule has 0 fully saturated rings. The van der Waals surface area contributed by atoms with Gasteiger partial charge in [-0.15, -0.1) is 11.3 Å². The highest BCUT2D eigenvalue weighted by Crippen LogP contribution is 2.24. The van der Waals surface area contributed by atoms with Crippen molar-refractivity contribution in [3.63, 3.8) is 0 Å². The molecule has 0 aliphatic rings. The van der Waals surface area contributed by atoms with Crippen LogP contribution in [-0.4, -0.2) is 38.8 Å². The molecule has 3 aromatic rings. The van der Waals surface area contributed by atoms with Gasteiger partial charge in [0.1, 0.15) is 0 Å². The second kappa shape index (κ2) is 9.71. The van der Waals surface area contributed by atoms with E-state index in [1.165, 1.54) is 34.2 Å². The maximum Gasteiger partial charge on any atom is 0.311 e. The van der Waals surface area contributed by atoms with Crippen molar-refractivity contribution < 1.29 is 14.3 Å². The first-order valence-electron chi connectivity index (χ1n) is 9.10. The van der Waals surface area contributed by atoms with Crippen LogP contribution in [0.25, 0.3) is 5.69 Å². The Kier molecular flexibility index (Phi) is 7.05. The second-order valence-corrected chi connectivity index (χ2v) is 8.06. The molecular weight excluding hydrogens is 408 g/mol. The van der Waals surface area contributed by atoms with E-state index >= 15 is 0 Å². The van der Waals surface area contributed by atoms with E-state index in [1.54, 1.807) is 18.5 Å². The summed E-state index contributed by atoms with van der Waals surface area (Å²) in [4.78, 5) is 32.5. The maximum atomic E-state index is 12.3. The molecule has 3 rings (SSSR count). The summed E-state index contributed by atoms with van der Waals surface area (Å²) in [6.45, 7) is 6.23. The number of carbonyl (C=O) groups is 2. The van der Waals surface area contributed by atoms with Gasteiger partial charge in [-0.05, 0) is 38.0 Å². The van der Waals surface area contributed by atoms with E-state index in [1.807, 2.05) is 22.9 Å². The molecule has 0 atom stereocenters. The number of carbonyl (C=O) groups excluding carboxylic acids is 2. The Morgan fingerprint density at radius 2 is 2.14 bits per heavy atom. The predicted molar refractivity (Wildman–Crippen MR) is 115 cm³/mol. The number of nitrogens with zero attached hydrogens (tertiary/aromatic N) is 3. The number of aromatic nitrogens is 3. The highest BCUT2D eigenvalue weighted by Gasteiger charge is 2.13. The third-order valence-corrected chi connectivity index (χ3v) is 5.98. The van der Waals surface area contributed by atoms with Gasteiger partial charge >= 0.3 is 5.97 Å². The van der Waals surface area contributed by atoms with Crippen LogP contribution in [-0.2, 0) is 20.7 Å². The number of thiazole rings is 1. The lowest BCUT2D eigenvalue weighted by atomic mass is 10.1. The number of esters is 1. The van der Waals surface area contributed by atoms with Gasteiger partial charge in [0.2, 0.25) is 5.91 Å². The van der Waals surface area contributed by atoms with Gasteiger partial charge in [-0.1, -0.05) is 23.9 Å². The van der Waals surface area contributed by atoms with Crippen molar-refractivity contribution in [2.24, 2.45) is 0 Å². The van der Waals surface area contributed by atoms with Crippen molar-refractivity contribution in [2.75, 3.05) is 17.7 Å². The van der Waals surface area contributed by atoms with Gasteiger partial charge in [0.05, 0.1) is 30.2 Å². The number of aryl methyl sites for hydroxylation is 1. The summed E-state index contributed by atoms with van der Waals surface area (Å²) in [6, 6.07) is 6.12. The number of rotatable bonds is 8. The zero-order valence-corrected chi connectivity index (χ0v) is 18.1. The summed E-state index contributed by atoms with van der Waals surface area (Å²) < 4.78 is 6.89. The average molecular weight is 431 g/mol. The fourth-order valence-electron chi connectivity index (χ4n) is 2.67. The van der Waals surface area contributed by atoms with E-state index in [0.717, 1.165) is 10.8 Å². The van der Waals surface area contributed by atoms with Crippen LogP contribution in [0.2, 0.25) is 0 Å². The largest absolute Gasteiger partial charge is 0.466 e. The van der Waals surface area contributed by atoms with E-state index in [2.05, 4.69) is 35.2 Å². The maximum absolute atomic E-state index is 12.3. The highest BCUT2D eigenvalue weighted by molar-refractivity contribution is 7.99. The molecule has 0 bridgehead atoms. The van der Waals surface area contributed by atoms with Crippen LogP contribution in [0.3, 0.4) is 0 Å². The first-order valence-corrected chi connectivity index (χ1v) is 11.0. The summed E-state index contributed by atoms with van der Waals surface area (Å²) in [5.74, 6) is -0.304. The molecule has 0 saturated carbocycles. The first-order chi connectivity index (χ1) is 14.0. The normalized spacial score (nSPS) is 10.7. The van der Waals surface area contributed by atoms with E-state index < -0.39 is 0 Å². The van der Waals surface area contributed by atoms with E-state index in [4.69, 9.17) is 4.74 Å². The van der Waals surface area contributed by atoms with Crippen molar-refractivity contribution in [2.45, 2.75) is 32.3 Å². The first kappa shape index (κ1) is 21.1. The summed E-state index contributed by atoms with van der Waals surface area (Å²) in [6.07, 6.45) is 3.72. The molecule has 0 aliphatic heterocycles. The molecule has 1 amide bonds. The van der Waals surface area contributed by atoms with Crippen molar-refractivity contribution in [1.82, 2.24) is 14.5 Å². The SMILES string of the molecule is CCOC(=O)Cc1csc(NC(=O)CSc2nccn2-c2cccc(C)c2C)n1. The van der Waals surface area contributed by atoms with E-state index in [-0.39, 0.29) is 24.1 Å². The van der Waals surface area contributed by atoms with Gasteiger partial charge in [-0.3, -0.25) is 14.2 Å². The number of hydrogen-bond donors (Lipinski definition) is 1. The van der Waals surface area contributed by atoms with Crippen LogP contribution in [0, 0.1) is 13.8 Å². The van der Waals surface area contributed by atoms with Gasteiger partial charge in [0.15, 0.2) is 10.3 Å². The molecule has 9 heteroatoms. The zero-order valence-electron chi connectivity index (χ0n) is 16.5. The molecular formula is C20H22N4O3S2. The standard InChI is InChI=1S/C20H22N4O3S2/c1-4-27-18(26)10-15-11-28-19(22-15)23-17(25)12-29-20-21-8-9-24(20)16-7-5-6-13(2)14(16)3/h5-9,11H,4,10,12H2,1-3H3,(H,22,23,25). The monoisotopic (exact) mass is 430 g/mol. The lowest BCUT2D eigenvalue weighted by Crippen LogP contribution is -2.14. The fourth-order valence-corrected chi connectivity index (χ4v) is 4.16. The number of amides is 1. The predicted octanol–water partition coefficient (Wildman–Crippen LogP) is 3.78. The Hall–Kier alpha value is -2.65. The lowest BCUT2D eigenvalue weighted by molar-refractivity contribution is -0.142. The molecule has 2 heterocycles. The van der Waals surface area contributed by atoms with Gasteiger partial charge < -0.3 is 10.1 Å². The van der Waals surface area contributed by atoms with Gasteiger partial charge in [0.25, 0.3) is 0 Å². The van der Waals surface area contributed by atoms with Crippen molar-refractivity contribution >= 4 is 40.1 Å². The summed E-state index contributed by atoms with van der Waals surface area (Å²) in [5, 5.41) is 5.72. The minimum atomic E-state index is -0.329. The quantitative estimate of drug-likeness (QED) is 0.432. The van der Waals surface area contributed by atoms with Crippen LogP contribution in [0.5, 0.6) is 0 Å². The summed E-state index contributed by atoms with van der Waals surface area (Å²) in [5.41, 5.74) is 4.01. The number of thioether (sulfide) groups is 1. The molecule has 1 aromatic carbocycles. The summed E-state index contributed by atoms with van der Waals surface area (Å²) >= 11 is 2.64. The molecule has 0 saturated heterocycles. The lowest BCUT2D eigenvalue weighted by Gasteiger charge is -2.12. The molecule has 29 heavy (non-hydrogen) atoms. The van der Waals surface area contributed by atoms with Crippen LogP contribution in [0.4, 0.5) is 5.13 Å². The van der Waals surface area contributed by atoms with Crippen molar-refractivity contribution in [1.29, 1.82) is 0 Å². The number of anilines is 1. The van der Waals surface area contributed by atoms with Crippen LogP contribution in [0.15, 0.2) is 41.1 Å². The minimum Gasteiger partial charge on any atom is -0.466 e. The van der Waals surface area contributed by atoms with Gasteiger partial charge in [-0.2, -0.15) is 0 Å². The van der Waals surface area contributed by atoms with Gasteiger partial charge in [-0.25, -0.2) is 9.97 Å². The molecule has 0 aliphatic carbocycles. The van der Waals surface area contributed by atoms with Crippen molar-refractivity contribution in [3.05, 3.63) is 52.8 Å². The van der Waals surface area contributed by atoms with Crippen LogP contribution in [0.1, 0.15) is 23.7 Å². The van der Waals surface area contributed by atoms with Crippen LogP contribution >= 0.6 is 23.1 Å². The van der Waals surface area contributed by atoms with Gasteiger partial charge in [0, 0.05) is 17.8 Å². The number of ether oxygens (including phenoxy) is 1. The van der Waals surface area contributed by atoms with Crippen molar-refractivity contribution in [3.8, 4) is 5.69 Å². The molecule has 7 nitrogen and oxygen atoms in total. The third kappa shape index (κ3) is 5.45. The molecule has 0 radical (unpaired) electrons. The number of nitrogens with one attached hydrogen (secondary N) is 1. The average Bonchev–Trinajstić information content (AvgIpc) is 3.32.